The maximum atomic E-state index is 12.4. The third-order valence-electron chi connectivity index (χ3n) is 11.1. The van der Waals surface area contributed by atoms with Crippen molar-refractivity contribution in [3.63, 3.8) is 0 Å². The molecular weight excluding hydrogens is 456 g/mol. The van der Waals surface area contributed by atoms with Crippen LogP contribution < -0.4 is 0 Å². The largest absolute Gasteiger partial charge is 0.388 e. The van der Waals surface area contributed by atoms with Crippen LogP contribution in [0.2, 0.25) is 0 Å². The first-order chi connectivity index (χ1) is 17.1. The summed E-state index contributed by atoms with van der Waals surface area (Å²) >= 11 is 0. The number of fused-ring (bicyclic) bond motifs is 3. The third-order valence-corrected chi connectivity index (χ3v) is 11.1. The first kappa shape index (κ1) is 26.6. The number of aliphatic hydroxyl groups is 3. The second-order valence-electron chi connectivity index (χ2n) is 13.2. The van der Waals surface area contributed by atoms with Crippen LogP contribution in [0.1, 0.15) is 73.1 Å². The summed E-state index contributed by atoms with van der Waals surface area (Å²) in [6.45, 7) is 11.7. The number of allylic oxidation sites excluding steroid dienone is 3. The van der Waals surface area contributed by atoms with E-state index in [1.807, 2.05) is 0 Å². The van der Waals surface area contributed by atoms with Gasteiger partial charge in [-0.1, -0.05) is 44.9 Å². The van der Waals surface area contributed by atoms with Crippen molar-refractivity contribution in [2.45, 2.75) is 104 Å². The van der Waals surface area contributed by atoms with Gasteiger partial charge in [-0.15, -0.1) is 0 Å². The number of rotatable bonds is 4. The second-order valence-corrected chi connectivity index (χ2v) is 13.2. The van der Waals surface area contributed by atoms with Crippen molar-refractivity contribution in [3.05, 3.63) is 22.8 Å². The van der Waals surface area contributed by atoms with Gasteiger partial charge in [0.05, 0.1) is 12.7 Å². The Morgan fingerprint density at radius 2 is 1.92 bits per heavy atom. The van der Waals surface area contributed by atoms with Crippen LogP contribution >= 0.6 is 0 Å². The van der Waals surface area contributed by atoms with Gasteiger partial charge in [0, 0.05) is 0 Å². The number of hydrogen-bond acceptors (Lipinski definition) is 6. The molecule has 6 heteroatoms. The maximum Gasteiger partial charge on any atom is 0.186 e. The molecule has 1 heterocycles. The molecule has 1 aliphatic heterocycles. The highest BCUT2D eigenvalue weighted by atomic mass is 16.7. The molecule has 3 saturated carbocycles. The molecule has 0 amide bonds. The second kappa shape index (κ2) is 9.92. The van der Waals surface area contributed by atoms with Gasteiger partial charge in [-0.2, -0.15) is 0 Å². The molecule has 202 valence electrons. The van der Waals surface area contributed by atoms with Crippen LogP contribution in [0.25, 0.3) is 0 Å². The van der Waals surface area contributed by atoms with Crippen LogP contribution in [0.15, 0.2) is 22.8 Å². The molecular formula is C30H46O6. The molecule has 5 rings (SSSR count). The first-order valence-corrected chi connectivity index (χ1v) is 14.2. The van der Waals surface area contributed by atoms with Gasteiger partial charge in [0.15, 0.2) is 6.29 Å². The summed E-state index contributed by atoms with van der Waals surface area (Å²) in [6.07, 6.45) is 5.03. The third kappa shape index (κ3) is 4.35. The van der Waals surface area contributed by atoms with Gasteiger partial charge in [0.25, 0.3) is 0 Å². The van der Waals surface area contributed by atoms with Gasteiger partial charge >= 0.3 is 0 Å². The number of carbonyl (C=O) groups excluding carboxylic acids is 1. The highest BCUT2D eigenvalue weighted by Crippen LogP contribution is 2.62. The molecule has 0 spiro atoms. The lowest BCUT2D eigenvalue weighted by Gasteiger charge is -2.49. The Bertz CT molecular complexity index is 909. The van der Waals surface area contributed by atoms with Gasteiger partial charge in [-0.25, -0.2) is 0 Å². The summed E-state index contributed by atoms with van der Waals surface area (Å²) in [7, 11) is 0. The molecule has 0 bridgehead atoms. The summed E-state index contributed by atoms with van der Waals surface area (Å²) in [5, 5.41) is 30.4. The molecule has 36 heavy (non-hydrogen) atoms. The van der Waals surface area contributed by atoms with Gasteiger partial charge in [-0.3, -0.25) is 4.79 Å². The number of aliphatic hydroxyl groups excluding tert-OH is 3. The van der Waals surface area contributed by atoms with Crippen LogP contribution in [0, 0.1) is 46.8 Å². The van der Waals surface area contributed by atoms with Crippen LogP contribution in [0.3, 0.4) is 0 Å². The zero-order chi connectivity index (χ0) is 25.9. The molecule has 12 atom stereocenters. The lowest BCUT2D eigenvalue weighted by molar-refractivity contribution is -0.285. The Balaban J connectivity index is 1.43. The lowest BCUT2D eigenvalue weighted by Crippen LogP contribution is -2.54. The molecule has 3 N–H and O–H groups in total. The van der Waals surface area contributed by atoms with Crippen molar-refractivity contribution in [1.29, 1.82) is 0 Å². The van der Waals surface area contributed by atoms with E-state index >= 15 is 0 Å². The van der Waals surface area contributed by atoms with E-state index in [1.165, 1.54) is 24.0 Å². The fourth-order valence-corrected chi connectivity index (χ4v) is 8.79. The van der Waals surface area contributed by atoms with Gasteiger partial charge in [-0.05, 0) is 97.9 Å². The van der Waals surface area contributed by atoms with Crippen molar-refractivity contribution in [2.24, 2.45) is 46.8 Å². The average Bonchev–Trinajstić information content (AvgIpc) is 3.34. The molecule has 0 aromatic carbocycles. The summed E-state index contributed by atoms with van der Waals surface area (Å²) in [5.41, 5.74) is 4.21. The molecule has 4 fully saturated rings. The molecule has 5 aliphatic rings. The summed E-state index contributed by atoms with van der Waals surface area (Å²) in [4.78, 5) is 12.4. The maximum absolute atomic E-state index is 12.4. The molecule has 0 radical (unpaired) electrons. The Hall–Kier alpha value is -1.05. The van der Waals surface area contributed by atoms with E-state index in [0.29, 0.717) is 35.0 Å². The van der Waals surface area contributed by atoms with Crippen molar-refractivity contribution in [3.8, 4) is 0 Å². The molecule has 0 aromatic rings. The minimum Gasteiger partial charge on any atom is -0.388 e. The highest BCUT2D eigenvalue weighted by Gasteiger charge is 2.54. The number of aldehydes is 1. The zero-order valence-corrected chi connectivity index (χ0v) is 22.6. The highest BCUT2D eigenvalue weighted by molar-refractivity contribution is 5.74. The van der Waals surface area contributed by atoms with Crippen molar-refractivity contribution < 1.29 is 29.6 Å². The fourth-order valence-electron chi connectivity index (χ4n) is 8.79. The quantitative estimate of drug-likeness (QED) is 0.397. The molecule has 1 saturated heterocycles. The topological polar surface area (TPSA) is 96.2 Å². The normalized spacial score (nSPS) is 49.1. The van der Waals surface area contributed by atoms with Gasteiger partial charge < -0.3 is 24.8 Å². The van der Waals surface area contributed by atoms with E-state index in [2.05, 4.69) is 40.7 Å². The number of hydrogen-bond donors (Lipinski definition) is 3. The molecule has 0 unspecified atom stereocenters. The number of ether oxygens (including phenoxy) is 2. The van der Waals surface area contributed by atoms with Crippen molar-refractivity contribution in [2.75, 3.05) is 6.61 Å². The Kier molecular flexibility index (Phi) is 7.32. The summed E-state index contributed by atoms with van der Waals surface area (Å²) < 4.78 is 11.8. The Morgan fingerprint density at radius 3 is 2.61 bits per heavy atom. The predicted molar refractivity (Wildman–Crippen MR) is 137 cm³/mol. The molecule has 4 aliphatic carbocycles. The first-order valence-electron chi connectivity index (χ1n) is 14.2. The Morgan fingerprint density at radius 1 is 1.17 bits per heavy atom. The van der Waals surface area contributed by atoms with Crippen LogP contribution in [-0.2, 0) is 14.3 Å². The average molecular weight is 503 g/mol. The van der Waals surface area contributed by atoms with Gasteiger partial charge in [0.2, 0.25) is 0 Å². The summed E-state index contributed by atoms with van der Waals surface area (Å²) in [6, 6.07) is 0. The van der Waals surface area contributed by atoms with E-state index < -0.39 is 24.6 Å². The summed E-state index contributed by atoms with van der Waals surface area (Å²) in [5.74, 6) is 3.30. The van der Waals surface area contributed by atoms with Crippen molar-refractivity contribution in [1.82, 2.24) is 0 Å². The zero-order valence-electron chi connectivity index (χ0n) is 22.6. The van der Waals surface area contributed by atoms with Crippen LogP contribution in [-0.4, -0.2) is 58.9 Å². The number of carbonyl (C=O) groups is 1. The minimum absolute atomic E-state index is 0.0541. The smallest absolute Gasteiger partial charge is 0.186 e. The lowest BCUT2D eigenvalue weighted by atomic mass is 9.55. The van der Waals surface area contributed by atoms with E-state index in [4.69, 9.17) is 9.47 Å². The predicted octanol–water partition coefficient (Wildman–Crippen LogP) is 4.03. The van der Waals surface area contributed by atoms with Crippen molar-refractivity contribution >= 4 is 6.29 Å². The van der Waals surface area contributed by atoms with E-state index in [0.717, 1.165) is 43.5 Å². The van der Waals surface area contributed by atoms with E-state index in [9.17, 15) is 20.1 Å². The SMILES string of the molecule is CC1=C2C[C@H](O[C@@H]3OC[C@@H](O)[C@H](O)[C@H]3O)[C@@H](C)[C@@H]2CC=C(C=O)[C@H]2C[C@@]3(C)CC[C@@H](C(C)C)[C@@H]3C[C@H]12. The molecule has 6 nitrogen and oxygen atoms in total. The Labute approximate surface area is 216 Å². The van der Waals surface area contributed by atoms with E-state index in [-0.39, 0.29) is 18.6 Å². The van der Waals surface area contributed by atoms with E-state index in [1.54, 1.807) is 0 Å². The monoisotopic (exact) mass is 502 g/mol. The standard InChI is InChI=1S/C30H46O6/c1-15(2)19-8-9-30(5)12-23-18(13-31)6-7-20-17(4)26(11-22(20)16(3)21(23)10-24(19)30)36-29-28(34)27(33)25(32)14-35-29/h6,13,15,17,19-21,23-29,32-34H,7-12,14H2,1-5H3/t17-,19-,20-,21+,23+,24-,25+,26-,27-,28+,29-,30+/m0/s1. The minimum atomic E-state index is -1.28. The van der Waals surface area contributed by atoms with Crippen LogP contribution in [0.4, 0.5) is 0 Å². The van der Waals surface area contributed by atoms with Crippen LogP contribution in [0.5, 0.6) is 0 Å². The molecule has 0 aromatic heterocycles. The van der Waals surface area contributed by atoms with Gasteiger partial charge in [0.1, 0.15) is 24.6 Å². The fraction of sp³-hybridized carbons (Fsp3) is 0.833.